The van der Waals surface area contributed by atoms with Gasteiger partial charge >= 0.3 is 12.4 Å². The Hall–Kier alpha value is -0.500. The van der Waals surface area contributed by atoms with E-state index in [1.807, 2.05) is 0 Å². The molecule has 0 saturated heterocycles. The van der Waals surface area contributed by atoms with E-state index in [4.69, 9.17) is 5.11 Å². The molecule has 0 aliphatic carbocycles. The van der Waals surface area contributed by atoms with Gasteiger partial charge in [-0.1, -0.05) is 0 Å². The Balaban J connectivity index is 4.74. The van der Waals surface area contributed by atoms with E-state index < -0.39 is 31.0 Å². The average molecular weight is 240 g/mol. The maximum atomic E-state index is 12.0. The van der Waals surface area contributed by atoms with E-state index in [9.17, 15) is 26.3 Å². The largest absolute Gasteiger partial charge is 0.426 e. The third kappa shape index (κ3) is 3.23. The number of halogens is 6. The van der Waals surface area contributed by atoms with Crippen LogP contribution < -0.4 is 0 Å². The molecule has 1 N–H and O–H groups in total. The van der Waals surface area contributed by atoms with Crippen molar-refractivity contribution in [3.8, 4) is 0 Å². The Morgan fingerprint density at radius 2 is 1.40 bits per heavy atom. The van der Waals surface area contributed by atoms with Crippen molar-refractivity contribution in [3.63, 3.8) is 0 Å². The predicted octanol–water partition coefficient (Wildman–Crippen LogP) is 2.27. The van der Waals surface area contributed by atoms with Crippen LogP contribution in [0.3, 0.4) is 0 Å². The fourth-order valence-electron chi connectivity index (χ4n) is 0.808. The number of alkyl halides is 6. The van der Waals surface area contributed by atoms with Crippen molar-refractivity contribution in [1.82, 2.24) is 0 Å². The van der Waals surface area contributed by atoms with Gasteiger partial charge in [0, 0.05) is 19.6 Å². The molecule has 0 radical (unpaired) electrons. The predicted molar refractivity (Wildman–Crippen MR) is 38.2 cm³/mol. The average Bonchev–Trinajstić information content (AvgIpc) is 2.00. The SMILES string of the molecule is CCOCCC(O)(C(F)(F)F)C(F)(F)F. The lowest BCUT2D eigenvalue weighted by Crippen LogP contribution is -2.57. The molecule has 0 aromatic carbocycles. The van der Waals surface area contributed by atoms with Gasteiger partial charge in [-0.3, -0.25) is 0 Å². The minimum atomic E-state index is -5.76. The summed E-state index contributed by atoms with van der Waals surface area (Å²) in [4.78, 5) is 0. The van der Waals surface area contributed by atoms with Crippen LogP contribution in [0.25, 0.3) is 0 Å². The number of hydrogen-bond donors (Lipinski definition) is 1. The van der Waals surface area contributed by atoms with Gasteiger partial charge in [0.25, 0.3) is 5.60 Å². The zero-order chi connectivity index (χ0) is 12.3. The lowest BCUT2D eigenvalue weighted by molar-refractivity contribution is -0.371. The van der Waals surface area contributed by atoms with Crippen LogP contribution in [0.2, 0.25) is 0 Å². The standard InChI is InChI=1S/C7H10F6O2/c1-2-15-4-3-5(14,6(8,9)10)7(11,12)13/h14H,2-4H2,1H3. The number of ether oxygens (including phenoxy) is 1. The van der Waals surface area contributed by atoms with Crippen molar-refractivity contribution in [2.24, 2.45) is 0 Å². The van der Waals surface area contributed by atoms with E-state index in [2.05, 4.69) is 4.74 Å². The van der Waals surface area contributed by atoms with Crippen LogP contribution >= 0.6 is 0 Å². The Kier molecular flexibility index (Phi) is 4.41. The van der Waals surface area contributed by atoms with Gasteiger partial charge in [0.15, 0.2) is 0 Å². The summed E-state index contributed by atoms with van der Waals surface area (Å²) >= 11 is 0. The molecule has 0 unspecified atom stereocenters. The second-order valence-corrected chi connectivity index (χ2v) is 2.80. The Morgan fingerprint density at radius 3 is 1.67 bits per heavy atom. The molecular formula is C7H10F6O2. The van der Waals surface area contributed by atoms with E-state index in [1.54, 1.807) is 0 Å². The lowest BCUT2D eigenvalue weighted by Gasteiger charge is -2.32. The van der Waals surface area contributed by atoms with Crippen LogP contribution in [0.5, 0.6) is 0 Å². The van der Waals surface area contributed by atoms with Crippen LogP contribution in [0, 0.1) is 0 Å². The quantitative estimate of drug-likeness (QED) is 0.603. The number of rotatable bonds is 4. The molecule has 0 aromatic rings. The zero-order valence-electron chi connectivity index (χ0n) is 7.74. The minimum absolute atomic E-state index is 0.0220. The van der Waals surface area contributed by atoms with E-state index >= 15 is 0 Å². The van der Waals surface area contributed by atoms with Crippen LogP contribution in [0.4, 0.5) is 26.3 Å². The Bertz CT molecular complexity index is 183. The summed E-state index contributed by atoms with van der Waals surface area (Å²) in [6.07, 6.45) is -13.1. The summed E-state index contributed by atoms with van der Waals surface area (Å²) < 4.78 is 76.4. The Morgan fingerprint density at radius 1 is 1.00 bits per heavy atom. The van der Waals surface area contributed by atoms with Crippen LogP contribution in [-0.4, -0.2) is 36.3 Å². The van der Waals surface area contributed by atoms with Gasteiger partial charge in [0.05, 0.1) is 0 Å². The zero-order valence-corrected chi connectivity index (χ0v) is 7.74. The van der Waals surface area contributed by atoms with Crippen molar-refractivity contribution in [2.45, 2.75) is 31.3 Å². The molecule has 0 bridgehead atoms. The minimum Gasteiger partial charge on any atom is -0.382 e. The third-order valence-electron chi connectivity index (χ3n) is 1.75. The molecule has 2 nitrogen and oxygen atoms in total. The summed E-state index contributed by atoms with van der Waals surface area (Å²) in [6, 6.07) is 0. The number of aliphatic hydroxyl groups is 1. The maximum absolute atomic E-state index is 12.0. The molecule has 15 heavy (non-hydrogen) atoms. The van der Waals surface area contributed by atoms with E-state index in [0.29, 0.717) is 0 Å². The van der Waals surface area contributed by atoms with E-state index in [-0.39, 0.29) is 6.61 Å². The molecule has 0 saturated carbocycles. The summed E-state index contributed by atoms with van der Waals surface area (Å²) in [5.74, 6) is 0. The highest BCUT2D eigenvalue weighted by atomic mass is 19.4. The van der Waals surface area contributed by atoms with Gasteiger partial charge in [-0.15, -0.1) is 0 Å². The molecule has 0 amide bonds. The van der Waals surface area contributed by atoms with Gasteiger partial charge in [0.2, 0.25) is 0 Å². The molecule has 0 aliphatic heterocycles. The molecule has 0 spiro atoms. The molecule has 0 aliphatic rings. The second-order valence-electron chi connectivity index (χ2n) is 2.80. The Labute approximate surface area is 81.8 Å². The van der Waals surface area contributed by atoms with Gasteiger partial charge in [-0.05, 0) is 6.92 Å². The molecule has 0 fully saturated rings. The highest BCUT2D eigenvalue weighted by Gasteiger charge is 2.69. The molecule has 92 valence electrons. The smallest absolute Gasteiger partial charge is 0.382 e. The van der Waals surface area contributed by atoms with Gasteiger partial charge < -0.3 is 9.84 Å². The first-order valence-corrected chi connectivity index (χ1v) is 4.00. The van der Waals surface area contributed by atoms with Crippen molar-refractivity contribution >= 4 is 0 Å². The van der Waals surface area contributed by atoms with E-state index in [0.717, 1.165) is 0 Å². The maximum Gasteiger partial charge on any atom is 0.426 e. The van der Waals surface area contributed by atoms with Crippen LogP contribution in [0.1, 0.15) is 13.3 Å². The summed E-state index contributed by atoms with van der Waals surface area (Å²) in [6.45, 7) is 0.581. The first kappa shape index (κ1) is 14.5. The lowest BCUT2D eigenvalue weighted by atomic mass is 9.99. The van der Waals surface area contributed by atoms with Crippen molar-refractivity contribution in [1.29, 1.82) is 0 Å². The highest BCUT2D eigenvalue weighted by molar-refractivity contribution is 4.93. The molecule has 0 aromatic heterocycles. The van der Waals surface area contributed by atoms with E-state index in [1.165, 1.54) is 6.92 Å². The molecule has 0 atom stereocenters. The van der Waals surface area contributed by atoms with Gasteiger partial charge in [-0.2, -0.15) is 26.3 Å². The summed E-state index contributed by atoms with van der Waals surface area (Å²) in [5, 5.41) is 8.58. The first-order chi connectivity index (χ1) is 6.56. The normalized spacial score (nSPS) is 14.4. The van der Waals surface area contributed by atoms with Crippen molar-refractivity contribution in [2.75, 3.05) is 13.2 Å². The monoisotopic (exact) mass is 240 g/mol. The van der Waals surface area contributed by atoms with Crippen molar-refractivity contribution < 1.29 is 36.2 Å². The first-order valence-electron chi connectivity index (χ1n) is 4.00. The molecule has 0 rings (SSSR count). The molecule has 8 heteroatoms. The number of hydrogen-bond acceptors (Lipinski definition) is 2. The fourth-order valence-corrected chi connectivity index (χ4v) is 0.808. The van der Waals surface area contributed by atoms with Crippen molar-refractivity contribution in [3.05, 3.63) is 0 Å². The van der Waals surface area contributed by atoms with Gasteiger partial charge in [0.1, 0.15) is 0 Å². The van der Waals surface area contributed by atoms with Crippen LogP contribution in [-0.2, 0) is 4.74 Å². The summed E-state index contributed by atoms with van der Waals surface area (Å²) in [5.41, 5.74) is -4.70. The molecule has 0 heterocycles. The highest BCUT2D eigenvalue weighted by Crippen LogP contribution is 2.45. The molecular weight excluding hydrogens is 230 g/mol. The second kappa shape index (κ2) is 4.56. The summed E-state index contributed by atoms with van der Waals surface area (Å²) in [7, 11) is 0. The third-order valence-corrected chi connectivity index (χ3v) is 1.75. The van der Waals surface area contributed by atoms with Crippen LogP contribution in [0.15, 0.2) is 0 Å². The van der Waals surface area contributed by atoms with Gasteiger partial charge in [-0.25, -0.2) is 0 Å². The fraction of sp³-hybridized carbons (Fsp3) is 1.00. The topological polar surface area (TPSA) is 29.5 Å².